The number of carbonyl (C=O) groups excluding carboxylic acids is 3. The quantitative estimate of drug-likeness (QED) is 0.327. The van der Waals surface area contributed by atoms with Gasteiger partial charge in [0.1, 0.15) is 24.2 Å². The summed E-state index contributed by atoms with van der Waals surface area (Å²) in [6, 6.07) is -0.789. The van der Waals surface area contributed by atoms with Crippen molar-refractivity contribution in [2.45, 2.75) is 63.2 Å². The fourth-order valence-electron chi connectivity index (χ4n) is 5.58. The van der Waals surface area contributed by atoms with Gasteiger partial charge < -0.3 is 24.4 Å². The number of fused-ring (bicyclic) bond motifs is 2. The zero-order valence-electron chi connectivity index (χ0n) is 18.8. The van der Waals surface area contributed by atoms with Crippen LogP contribution in [0.3, 0.4) is 0 Å². The molecule has 4 heterocycles. The van der Waals surface area contributed by atoms with Crippen LogP contribution in [-0.4, -0.2) is 83.3 Å². The van der Waals surface area contributed by atoms with Crippen LogP contribution in [0.25, 0.3) is 0 Å². The Morgan fingerprint density at radius 2 is 1.88 bits per heavy atom. The standard InChI is InChI=1S/C24H34N2O6/c1-2-3-5-12-25-13-9-11-24-19(18-17(32-24)10-8-16-31-23(18)30)21(28)26(20(24)22(25)29)14-6-4-7-15-27/h8-11,17-20,27H,2-7,12-16H2,1H3/t17-,18+,19+,20?,24+/m1/s1. The summed E-state index contributed by atoms with van der Waals surface area (Å²) in [6.07, 6.45) is 11.8. The monoisotopic (exact) mass is 446 g/mol. The highest BCUT2D eigenvalue weighted by Gasteiger charge is 2.71. The highest BCUT2D eigenvalue weighted by atomic mass is 16.6. The number of esters is 1. The van der Waals surface area contributed by atoms with E-state index in [9.17, 15) is 14.4 Å². The van der Waals surface area contributed by atoms with Crippen molar-refractivity contribution in [3.05, 3.63) is 24.3 Å². The van der Waals surface area contributed by atoms with E-state index in [2.05, 4.69) is 6.92 Å². The molecule has 4 rings (SSSR count). The van der Waals surface area contributed by atoms with E-state index >= 15 is 0 Å². The largest absolute Gasteiger partial charge is 0.461 e. The van der Waals surface area contributed by atoms with Crippen molar-refractivity contribution < 1.29 is 29.0 Å². The van der Waals surface area contributed by atoms with Crippen LogP contribution in [0.1, 0.15) is 45.4 Å². The number of ether oxygens (including phenoxy) is 2. The molecule has 2 amide bonds. The number of aliphatic hydroxyl groups excluding tert-OH is 1. The van der Waals surface area contributed by atoms with Crippen molar-refractivity contribution in [2.75, 3.05) is 32.8 Å². The summed E-state index contributed by atoms with van der Waals surface area (Å²) in [5.41, 5.74) is -1.17. The molecule has 0 radical (unpaired) electrons. The van der Waals surface area contributed by atoms with Crippen LogP contribution in [0.15, 0.2) is 24.3 Å². The first-order chi connectivity index (χ1) is 15.5. The molecule has 2 fully saturated rings. The van der Waals surface area contributed by atoms with Gasteiger partial charge in [-0.1, -0.05) is 38.0 Å². The molecule has 1 spiro atoms. The Kier molecular flexibility index (Phi) is 7.00. The average Bonchev–Trinajstić information content (AvgIpc) is 3.07. The molecule has 8 nitrogen and oxygen atoms in total. The summed E-state index contributed by atoms with van der Waals surface area (Å²) in [5, 5.41) is 9.10. The molecule has 0 saturated carbocycles. The molecular weight excluding hydrogens is 412 g/mol. The lowest BCUT2D eigenvalue weighted by molar-refractivity contribution is -0.153. The summed E-state index contributed by atoms with van der Waals surface area (Å²) in [7, 11) is 0. The number of nitrogens with zero attached hydrogens (tertiary/aromatic N) is 2. The first kappa shape index (κ1) is 23.0. The molecule has 0 aromatic heterocycles. The lowest BCUT2D eigenvalue weighted by Crippen LogP contribution is -2.55. The van der Waals surface area contributed by atoms with Crippen molar-refractivity contribution in [3.63, 3.8) is 0 Å². The van der Waals surface area contributed by atoms with Gasteiger partial charge in [0.2, 0.25) is 11.8 Å². The van der Waals surface area contributed by atoms with Crippen molar-refractivity contribution in [1.29, 1.82) is 0 Å². The Labute approximate surface area is 189 Å². The summed E-state index contributed by atoms with van der Waals surface area (Å²) in [5.74, 6) is -2.30. The van der Waals surface area contributed by atoms with Crippen molar-refractivity contribution in [2.24, 2.45) is 11.8 Å². The van der Waals surface area contributed by atoms with E-state index in [1.807, 2.05) is 17.1 Å². The Morgan fingerprint density at radius 1 is 1.06 bits per heavy atom. The molecule has 5 atom stereocenters. The Hall–Kier alpha value is -2.19. The summed E-state index contributed by atoms with van der Waals surface area (Å²) in [6.45, 7) is 3.89. The number of carbonyl (C=O) groups is 3. The van der Waals surface area contributed by atoms with Crippen LogP contribution in [0.4, 0.5) is 0 Å². The maximum Gasteiger partial charge on any atom is 0.313 e. The van der Waals surface area contributed by atoms with Gasteiger partial charge in [-0.15, -0.1) is 0 Å². The maximum absolute atomic E-state index is 13.8. The van der Waals surface area contributed by atoms with Crippen LogP contribution in [0.2, 0.25) is 0 Å². The van der Waals surface area contributed by atoms with Gasteiger partial charge in [-0.2, -0.15) is 0 Å². The number of hydrogen-bond donors (Lipinski definition) is 1. The molecule has 0 aliphatic carbocycles. The van der Waals surface area contributed by atoms with Crippen molar-refractivity contribution in [1.82, 2.24) is 9.80 Å². The summed E-state index contributed by atoms with van der Waals surface area (Å²) in [4.78, 5) is 43.8. The average molecular weight is 447 g/mol. The van der Waals surface area contributed by atoms with Gasteiger partial charge in [0.15, 0.2) is 0 Å². The lowest BCUT2D eigenvalue weighted by Gasteiger charge is -2.35. The van der Waals surface area contributed by atoms with Crippen LogP contribution in [0, 0.1) is 11.8 Å². The third kappa shape index (κ3) is 3.88. The number of aliphatic hydroxyl groups is 1. The highest BCUT2D eigenvalue weighted by Crippen LogP contribution is 2.53. The molecule has 4 aliphatic heterocycles. The van der Waals surface area contributed by atoms with Gasteiger partial charge in [-0.3, -0.25) is 14.4 Å². The molecule has 1 unspecified atom stereocenters. The SMILES string of the molecule is CCCCCN1CC=C[C@]23O[C@@H]4C=CCOC(=O)[C@@H]4[C@H]2C(=O)N(CCCCCO)C3C1=O. The molecular formula is C24H34N2O6. The van der Waals surface area contributed by atoms with Gasteiger partial charge in [0.25, 0.3) is 0 Å². The van der Waals surface area contributed by atoms with Crippen molar-refractivity contribution >= 4 is 17.8 Å². The molecule has 4 aliphatic rings. The third-order valence-electron chi connectivity index (χ3n) is 7.09. The molecule has 1 N–H and O–H groups in total. The van der Waals surface area contributed by atoms with E-state index in [1.54, 1.807) is 17.1 Å². The Bertz CT molecular complexity index is 795. The van der Waals surface area contributed by atoms with Gasteiger partial charge in [-0.25, -0.2) is 0 Å². The first-order valence-corrected chi connectivity index (χ1v) is 11.9. The molecule has 0 aromatic rings. The van der Waals surface area contributed by atoms with E-state index < -0.39 is 35.6 Å². The minimum atomic E-state index is -1.17. The molecule has 176 valence electrons. The van der Waals surface area contributed by atoms with E-state index in [4.69, 9.17) is 14.6 Å². The number of amides is 2. The number of cyclic esters (lactones) is 1. The second-order valence-electron chi connectivity index (χ2n) is 9.11. The molecule has 8 heteroatoms. The third-order valence-corrected chi connectivity index (χ3v) is 7.09. The van der Waals surface area contributed by atoms with Gasteiger partial charge in [-0.05, 0) is 31.8 Å². The fourth-order valence-corrected chi connectivity index (χ4v) is 5.58. The van der Waals surface area contributed by atoms with Gasteiger partial charge in [0, 0.05) is 26.2 Å². The normalized spacial score (nSPS) is 33.6. The Balaban J connectivity index is 1.68. The predicted octanol–water partition coefficient (Wildman–Crippen LogP) is 1.43. The Morgan fingerprint density at radius 3 is 2.66 bits per heavy atom. The molecule has 32 heavy (non-hydrogen) atoms. The van der Waals surface area contributed by atoms with E-state index in [0.717, 1.165) is 25.7 Å². The summed E-state index contributed by atoms with van der Waals surface area (Å²) >= 11 is 0. The molecule has 0 bridgehead atoms. The zero-order valence-corrected chi connectivity index (χ0v) is 18.8. The highest BCUT2D eigenvalue weighted by molar-refractivity contribution is 5.99. The molecule has 0 aromatic carbocycles. The van der Waals surface area contributed by atoms with E-state index in [1.165, 1.54) is 0 Å². The first-order valence-electron chi connectivity index (χ1n) is 11.9. The second-order valence-corrected chi connectivity index (χ2v) is 9.11. The van der Waals surface area contributed by atoms with Crippen molar-refractivity contribution in [3.8, 4) is 0 Å². The van der Waals surface area contributed by atoms with E-state index in [-0.39, 0.29) is 25.0 Å². The minimum Gasteiger partial charge on any atom is -0.461 e. The predicted molar refractivity (Wildman–Crippen MR) is 116 cm³/mol. The number of rotatable bonds is 9. The number of unbranched alkanes of at least 4 members (excludes halogenated alkanes) is 4. The van der Waals surface area contributed by atoms with Gasteiger partial charge in [0.05, 0.1) is 12.0 Å². The van der Waals surface area contributed by atoms with E-state index in [0.29, 0.717) is 32.5 Å². The zero-order chi connectivity index (χ0) is 22.7. The second kappa shape index (κ2) is 9.75. The van der Waals surface area contributed by atoms with Gasteiger partial charge >= 0.3 is 5.97 Å². The minimum absolute atomic E-state index is 0.0991. The van der Waals surface area contributed by atoms with Crippen LogP contribution in [-0.2, 0) is 23.9 Å². The molecule has 2 saturated heterocycles. The van der Waals surface area contributed by atoms with Crippen LogP contribution in [0.5, 0.6) is 0 Å². The fraction of sp³-hybridized carbons (Fsp3) is 0.708. The number of likely N-dealkylation sites (tertiary alicyclic amines) is 1. The maximum atomic E-state index is 13.8. The topological polar surface area (TPSA) is 96.4 Å². The lowest BCUT2D eigenvalue weighted by atomic mass is 9.78. The number of hydrogen-bond acceptors (Lipinski definition) is 6. The smallest absolute Gasteiger partial charge is 0.313 e. The van der Waals surface area contributed by atoms with Crippen LogP contribution >= 0.6 is 0 Å². The van der Waals surface area contributed by atoms with Crippen LogP contribution < -0.4 is 0 Å². The summed E-state index contributed by atoms with van der Waals surface area (Å²) < 4.78 is 11.8.